The number of likely N-dealkylation sites (tertiary alicyclic amines) is 1. The zero-order valence-corrected chi connectivity index (χ0v) is 12.6. The summed E-state index contributed by atoms with van der Waals surface area (Å²) in [6, 6.07) is 6.80. The molecule has 1 aliphatic rings. The second-order valence-corrected chi connectivity index (χ2v) is 5.71. The maximum Gasteiger partial charge on any atom is 0.253 e. The maximum absolute atomic E-state index is 12.4. The first-order valence-electron chi connectivity index (χ1n) is 6.72. The summed E-state index contributed by atoms with van der Waals surface area (Å²) < 4.78 is 0. The van der Waals surface area contributed by atoms with E-state index < -0.39 is 5.54 Å². The number of carbonyl (C=O) groups excluding carboxylic acids is 1. The fraction of sp³-hybridized carbons (Fsp3) is 0.429. The minimum atomic E-state index is -0.836. The van der Waals surface area contributed by atoms with Gasteiger partial charge < -0.3 is 21.2 Å². The summed E-state index contributed by atoms with van der Waals surface area (Å²) in [5, 5.41) is 15.4. The van der Waals surface area contributed by atoms with E-state index in [2.05, 4.69) is 15.4 Å². The SMILES string of the molecule is CN1CCC(NC(=O)c2ccccc2Cl)(C(N)=NO)CC1. The number of amides is 1. The third-order valence-electron chi connectivity index (χ3n) is 3.91. The molecule has 1 aromatic carbocycles. The lowest BCUT2D eigenvalue weighted by atomic mass is 9.86. The monoisotopic (exact) mass is 310 g/mol. The molecule has 0 spiro atoms. The highest BCUT2D eigenvalue weighted by atomic mass is 35.5. The van der Waals surface area contributed by atoms with Crippen molar-refractivity contribution in [3.05, 3.63) is 34.9 Å². The predicted octanol–water partition coefficient (Wildman–Crippen LogP) is 1.28. The van der Waals surface area contributed by atoms with Gasteiger partial charge in [-0.3, -0.25) is 4.79 Å². The van der Waals surface area contributed by atoms with Gasteiger partial charge in [0.2, 0.25) is 0 Å². The molecule has 1 aliphatic heterocycles. The van der Waals surface area contributed by atoms with E-state index in [0.29, 0.717) is 23.4 Å². The molecule has 1 heterocycles. The smallest absolute Gasteiger partial charge is 0.253 e. The molecule has 1 fully saturated rings. The van der Waals surface area contributed by atoms with Crippen LogP contribution < -0.4 is 11.1 Å². The van der Waals surface area contributed by atoms with Crippen molar-refractivity contribution in [2.24, 2.45) is 10.9 Å². The molecule has 0 radical (unpaired) electrons. The molecule has 7 heteroatoms. The van der Waals surface area contributed by atoms with Gasteiger partial charge in [-0.15, -0.1) is 0 Å². The van der Waals surface area contributed by atoms with Crippen molar-refractivity contribution in [2.45, 2.75) is 18.4 Å². The first-order chi connectivity index (χ1) is 9.98. The van der Waals surface area contributed by atoms with Gasteiger partial charge in [-0.05, 0) is 32.0 Å². The Labute approximate surface area is 128 Å². The second-order valence-electron chi connectivity index (χ2n) is 5.30. The Morgan fingerprint density at radius 2 is 2.05 bits per heavy atom. The molecule has 0 bridgehead atoms. The normalized spacial score (nSPS) is 19.2. The Hall–Kier alpha value is -1.79. The van der Waals surface area contributed by atoms with Gasteiger partial charge in [-0.1, -0.05) is 28.9 Å². The second kappa shape index (κ2) is 6.32. The van der Waals surface area contributed by atoms with Gasteiger partial charge in [0.15, 0.2) is 5.84 Å². The molecular formula is C14H19ClN4O2. The van der Waals surface area contributed by atoms with Gasteiger partial charge >= 0.3 is 0 Å². The molecule has 1 saturated heterocycles. The Morgan fingerprint density at radius 1 is 1.43 bits per heavy atom. The van der Waals surface area contributed by atoms with Gasteiger partial charge in [0.25, 0.3) is 5.91 Å². The number of nitrogens with one attached hydrogen (secondary N) is 1. The van der Waals surface area contributed by atoms with Crippen molar-refractivity contribution in [2.75, 3.05) is 20.1 Å². The third kappa shape index (κ3) is 3.28. The number of nitrogens with two attached hydrogens (primary N) is 1. The zero-order valence-electron chi connectivity index (χ0n) is 11.8. The number of hydrogen-bond donors (Lipinski definition) is 3. The molecule has 2 rings (SSSR count). The molecule has 1 amide bonds. The van der Waals surface area contributed by atoms with Gasteiger partial charge in [-0.25, -0.2) is 0 Å². The van der Waals surface area contributed by atoms with Crippen LogP contribution in [0.25, 0.3) is 0 Å². The number of nitrogens with zero attached hydrogens (tertiary/aromatic N) is 2. The van der Waals surface area contributed by atoms with Gasteiger partial charge in [-0.2, -0.15) is 0 Å². The quantitative estimate of drug-likeness (QED) is 0.339. The van der Waals surface area contributed by atoms with E-state index in [9.17, 15) is 4.79 Å². The molecule has 0 saturated carbocycles. The van der Waals surface area contributed by atoms with E-state index >= 15 is 0 Å². The lowest BCUT2D eigenvalue weighted by molar-refractivity contribution is 0.0886. The molecule has 4 N–H and O–H groups in total. The number of carbonyl (C=O) groups is 1. The van der Waals surface area contributed by atoms with Crippen LogP contribution in [0.4, 0.5) is 0 Å². The van der Waals surface area contributed by atoms with Crippen molar-refractivity contribution in [3.63, 3.8) is 0 Å². The number of rotatable bonds is 3. The molecule has 0 aliphatic carbocycles. The summed E-state index contributed by atoms with van der Waals surface area (Å²) in [6.45, 7) is 1.50. The molecule has 6 nitrogen and oxygen atoms in total. The zero-order chi connectivity index (χ0) is 15.5. The highest BCUT2D eigenvalue weighted by Crippen LogP contribution is 2.24. The Balaban J connectivity index is 2.24. The number of hydrogen-bond acceptors (Lipinski definition) is 4. The minimum absolute atomic E-state index is 0.0241. The standard InChI is InChI=1S/C14H19ClN4O2/c1-19-8-6-14(7-9-19,13(16)18-21)17-12(20)10-4-2-3-5-11(10)15/h2-5,21H,6-9H2,1H3,(H2,16,18)(H,17,20). The number of oxime groups is 1. The van der Waals surface area contributed by atoms with E-state index in [0.717, 1.165) is 13.1 Å². The highest BCUT2D eigenvalue weighted by molar-refractivity contribution is 6.33. The van der Waals surface area contributed by atoms with Crippen LogP contribution in [0.2, 0.25) is 5.02 Å². The first kappa shape index (κ1) is 15.6. The van der Waals surface area contributed by atoms with Gasteiger partial charge in [0, 0.05) is 13.1 Å². The van der Waals surface area contributed by atoms with Crippen LogP contribution in [-0.2, 0) is 0 Å². The summed E-state index contributed by atoms with van der Waals surface area (Å²) >= 11 is 6.04. The lowest BCUT2D eigenvalue weighted by Crippen LogP contribution is -2.62. The van der Waals surface area contributed by atoms with Crippen molar-refractivity contribution in [3.8, 4) is 0 Å². The summed E-state index contributed by atoms with van der Waals surface area (Å²) in [6.07, 6.45) is 1.16. The topological polar surface area (TPSA) is 91.0 Å². The van der Waals surface area contributed by atoms with E-state index in [1.54, 1.807) is 24.3 Å². The maximum atomic E-state index is 12.4. The van der Waals surface area contributed by atoms with Crippen LogP contribution in [0, 0.1) is 0 Å². The largest absolute Gasteiger partial charge is 0.409 e. The molecule has 0 aromatic heterocycles. The van der Waals surface area contributed by atoms with Gasteiger partial charge in [0.1, 0.15) is 5.54 Å². The highest BCUT2D eigenvalue weighted by Gasteiger charge is 2.39. The summed E-state index contributed by atoms with van der Waals surface area (Å²) in [4.78, 5) is 14.6. The lowest BCUT2D eigenvalue weighted by Gasteiger charge is -2.40. The minimum Gasteiger partial charge on any atom is -0.409 e. The van der Waals surface area contributed by atoms with Gasteiger partial charge in [0.05, 0.1) is 10.6 Å². The van der Waals surface area contributed by atoms with Crippen LogP contribution in [0.3, 0.4) is 0 Å². The Bertz CT molecular complexity index is 554. The molecule has 114 valence electrons. The van der Waals surface area contributed by atoms with Crippen LogP contribution in [0.15, 0.2) is 29.4 Å². The Kier molecular flexibility index (Phi) is 4.69. The summed E-state index contributed by atoms with van der Waals surface area (Å²) in [5.74, 6) is -0.298. The van der Waals surface area contributed by atoms with Crippen LogP contribution >= 0.6 is 11.6 Å². The van der Waals surface area contributed by atoms with E-state index in [1.807, 2.05) is 7.05 Å². The van der Waals surface area contributed by atoms with Crippen LogP contribution in [-0.4, -0.2) is 47.5 Å². The number of halogens is 1. The summed E-state index contributed by atoms with van der Waals surface area (Å²) in [7, 11) is 1.99. The number of amidine groups is 1. The average Bonchev–Trinajstić information content (AvgIpc) is 2.49. The van der Waals surface area contributed by atoms with Crippen molar-refractivity contribution >= 4 is 23.3 Å². The molecule has 1 aromatic rings. The molecule has 21 heavy (non-hydrogen) atoms. The number of piperidine rings is 1. The van der Waals surface area contributed by atoms with Crippen LogP contribution in [0.5, 0.6) is 0 Å². The Morgan fingerprint density at radius 3 is 2.62 bits per heavy atom. The summed E-state index contributed by atoms with van der Waals surface area (Å²) in [5.41, 5.74) is 5.37. The average molecular weight is 311 g/mol. The molecular weight excluding hydrogens is 292 g/mol. The van der Waals surface area contributed by atoms with E-state index in [-0.39, 0.29) is 11.7 Å². The van der Waals surface area contributed by atoms with Crippen molar-refractivity contribution < 1.29 is 10.0 Å². The molecule has 0 atom stereocenters. The fourth-order valence-electron chi connectivity index (χ4n) is 2.47. The molecule has 0 unspecified atom stereocenters. The fourth-order valence-corrected chi connectivity index (χ4v) is 2.69. The van der Waals surface area contributed by atoms with E-state index in [4.69, 9.17) is 22.5 Å². The van der Waals surface area contributed by atoms with E-state index in [1.165, 1.54) is 0 Å². The van der Waals surface area contributed by atoms with Crippen molar-refractivity contribution in [1.82, 2.24) is 10.2 Å². The number of benzene rings is 1. The van der Waals surface area contributed by atoms with Crippen LogP contribution in [0.1, 0.15) is 23.2 Å². The van der Waals surface area contributed by atoms with Crippen molar-refractivity contribution in [1.29, 1.82) is 0 Å². The predicted molar refractivity (Wildman–Crippen MR) is 81.8 cm³/mol. The third-order valence-corrected chi connectivity index (χ3v) is 4.24. The first-order valence-corrected chi connectivity index (χ1v) is 7.10.